The van der Waals surface area contributed by atoms with E-state index in [2.05, 4.69) is 10.4 Å². The Labute approximate surface area is 125 Å². The standard InChI is InChI=1S/C16H25N3O2/c1-15(2,16(21)7-3-4-8-16)11-17-14(20)12-10-18-19-9-5-6-13(12)19/h10,21H,3-9,11H2,1-2H3,(H,17,20). The third kappa shape index (κ3) is 2.48. The number of nitrogens with zero attached hydrogens (tertiary/aromatic N) is 2. The van der Waals surface area contributed by atoms with Crippen molar-refractivity contribution in [2.45, 2.75) is 64.5 Å². The van der Waals surface area contributed by atoms with Crippen LogP contribution in [-0.2, 0) is 13.0 Å². The quantitative estimate of drug-likeness (QED) is 0.890. The fourth-order valence-corrected chi connectivity index (χ4v) is 3.65. The van der Waals surface area contributed by atoms with Gasteiger partial charge in [-0.2, -0.15) is 5.10 Å². The van der Waals surface area contributed by atoms with Crippen molar-refractivity contribution < 1.29 is 9.90 Å². The molecular formula is C16H25N3O2. The topological polar surface area (TPSA) is 67.2 Å². The van der Waals surface area contributed by atoms with Crippen molar-refractivity contribution in [3.8, 4) is 0 Å². The summed E-state index contributed by atoms with van der Waals surface area (Å²) >= 11 is 0. The highest BCUT2D eigenvalue weighted by Crippen LogP contribution is 2.43. The molecule has 2 aliphatic rings. The van der Waals surface area contributed by atoms with Gasteiger partial charge in [0.1, 0.15) is 0 Å². The van der Waals surface area contributed by atoms with E-state index in [4.69, 9.17) is 0 Å². The molecule has 0 radical (unpaired) electrons. The Morgan fingerprint density at radius 3 is 2.86 bits per heavy atom. The monoisotopic (exact) mass is 291 g/mol. The van der Waals surface area contributed by atoms with Crippen LogP contribution in [0, 0.1) is 5.41 Å². The molecule has 1 aliphatic carbocycles. The van der Waals surface area contributed by atoms with Crippen LogP contribution in [-0.4, -0.2) is 32.9 Å². The highest BCUT2D eigenvalue weighted by molar-refractivity contribution is 5.95. The summed E-state index contributed by atoms with van der Waals surface area (Å²) in [6.45, 7) is 5.49. The van der Waals surface area contributed by atoms with Crippen molar-refractivity contribution in [2.75, 3.05) is 6.54 Å². The van der Waals surface area contributed by atoms with E-state index in [0.29, 0.717) is 12.1 Å². The van der Waals surface area contributed by atoms with Gasteiger partial charge >= 0.3 is 0 Å². The first-order valence-electron chi connectivity index (χ1n) is 7.98. The summed E-state index contributed by atoms with van der Waals surface area (Å²) in [6, 6.07) is 0. The number of aliphatic hydroxyl groups is 1. The van der Waals surface area contributed by atoms with E-state index in [1.54, 1.807) is 6.20 Å². The Morgan fingerprint density at radius 2 is 2.14 bits per heavy atom. The molecule has 1 aromatic rings. The Balaban J connectivity index is 1.65. The van der Waals surface area contributed by atoms with Gasteiger partial charge in [0.15, 0.2) is 0 Å². The van der Waals surface area contributed by atoms with E-state index in [1.165, 1.54) is 0 Å². The number of aromatic nitrogens is 2. The second-order valence-electron chi connectivity index (χ2n) is 7.14. The van der Waals surface area contributed by atoms with E-state index in [9.17, 15) is 9.90 Å². The number of carbonyl (C=O) groups excluding carboxylic acids is 1. The first-order valence-corrected chi connectivity index (χ1v) is 7.98. The van der Waals surface area contributed by atoms with Crippen LogP contribution in [0.3, 0.4) is 0 Å². The number of hydrogen-bond acceptors (Lipinski definition) is 3. The molecule has 0 bridgehead atoms. The highest BCUT2D eigenvalue weighted by Gasteiger charge is 2.45. The average Bonchev–Trinajstić information content (AvgIpc) is 3.11. The first-order chi connectivity index (χ1) is 9.93. The number of aryl methyl sites for hydroxylation is 1. The molecule has 2 N–H and O–H groups in total. The van der Waals surface area contributed by atoms with Crippen molar-refractivity contribution in [3.63, 3.8) is 0 Å². The fraction of sp³-hybridized carbons (Fsp3) is 0.750. The van der Waals surface area contributed by atoms with Gasteiger partial charge in [-0.3, -0.25) is 9.48 Å². The molecule has 0 spiro atoms. The lowest BCUT2D eigenvalue weighted by Gasteiger charge is -2.40. The molecular weight excluding hydrogens is 266 g/mol. The molecule has 3 rings (SSSR count). The van der Waals surface area contributed by atoms with Crippen LogP contribution in [0.4, 0.5) is 0 Å². The molecule has 5 nitrogen and oxygen atoms in total. The van der Waals surface area contributed by atoms with Crippen LogP contribution in [0.15, 0.2) is 6.20 Å². The maximum atomic E-state index is 12.4. The maximum Gasteiger partial charge on any atom is 0.254 e. The summed E-state index contributed by atoms with van der Waals surface area (Å²) in [7, 11) is 0. The molecule has 2 heterocycles. The predicted octanol–water partition coefficient (Wildman–Crippen LogP) is 1.89. The summed E-state index contributed by atoms with van der Waals surface area (Å²) in [5.41, 5.74) is 0.781. The van der Waals surface area contributed by atoms with Crippen LogP contribution in [0.5, 0.6) is 0 Å². The molecule has 1 amide bonds. The minimum absolute atomic E-state index is 0.0622. The van der Waals surface area contributed by atoms with Gasteiger partial charge < -0.3 is 10.4 Å². The van der Waals surface area contributed by atoms with Crippen molar-refractivity contribution in [1.29, 1.82) is 0 Å². The lowest BCUT2D eigenvalue weighted by atomic mass is 9.73. The molecule has 0 unspecified atom stereocenters. The first kappa shape index (κ1) is 14.6. The Hall–Kier alpha value is -1.36. The van der Waals surface area contributed by atoms with Crippen LogP contribution >= 0.6 is 0 Å². The minimum atomic E-state index is -0.652. The highest BCUT2D eigenvalue weighted by atomic mass is 16.3. The molecule has 1 aromatic heterocycles. The number of hydrogen-bond donors (Lipinski definition) is 2. The van der Waals surface area contributed by atoms with Crippen LogP contribution in [0.25, 0.3) is 0 Å². The molecule has 1 saturated carbocycles. The second-order valence-corrected chi connectivity index (χ2v) is 7.14. The molecule has 1 aliphatic heterocycles. The van der Waals surface area contributed by atoms with Gasteiger partial charge in [-0.05, 0) is 25.7 Å². The molecule has 21 heavy (non-hydrogen) atoms. The van der Waals surface area contributed by atoms with Gasteiger partial charge in [0.05, 0.1) is 23.1 Å². The Kier molecular flexibility index (Phi) is 3.56. The zero-order chi connectivity index (χ0) is 15.1. The summed E-state index contributed by atoms with van der Waals surface area (Å²) in [4.78, 5) is 12.4. The lowest BCUT2D eigenvalue weighted by Crippen LogP contribution is -2.49. The van der Waals surface area contributed by atoms with Gasteiger partial charge in [0.25, 0.3) is 5.91 Å². The number of amides is 1. The van der Waals surface area contributed by atoms with Gasteiger partial charge in [-0.25, -0.2) is 0 Å². The smallest absolute Gasteiger partial charge is 0.254 e. The van der Waals surface area contributed by atoms with Crippen molar-refractivity contribution in [1.82, 2.24) is 15.1 Å². The van der Waals surface area contributed by atoms with E-state index in [-0.39, 0.29) is 11.3 Å². The predicted molar refractivity (Wildman–Crippen MR) is 80.1 cm³/mol. The van der Waals surface area contributed by atoms with Crippen LogP contribution in [0.1, 0.15) is 62.0 Å². The van der Waals surface area contributed by atoms with Crippen molar-refractivity contribution >= 4 is 5.91 Å². The molecule has 0 atom stereocenters. The van der Waals surface area contributed by atoms with Crippen LogP contribution < -0.4 is 5.32 Å². The average molecular weight is 291 g/mol. The van der Waals surface area contributed by atoms with Crippen molar-refractivity contribution in [2.24, 2.45) is 5.41 Å². The summed E-state index contributed by atoms with van der Waals surface area (Å²) in [5, 5.41) is 18.0. The summed E-state index contributed by atoms with van der Waals surface area (Å²) < 4.78 is 1.92. The second kappa shape index (κ2) is 5.13. The largest absolute Gasteiger partial charge is 0.389 e. The third-order valence-electron chi connectivity index (χ3n) is 5.36. The molecule has 5 heteroatoms. The van der Waals surface area contributed by atoms with Gasteiger partial charge in [0, 0.05) is 18.5 Å². The van der Waals surface area contributed by atoms with E-state index >= 15 is 0 Å². The zero-order valence-electron chi connectivity index (χ0n) is 13.0. The van der Waals surface area contributed by atoms with Gasteiger partial charge in [0.2, 0.25) is 0 Å². The molecule has 116 valence electrons. The lowest BCUT2D eigenvalue weighted by molar-refractivity contribution is -0.0590. The maximum absolute atomic E-state index is 12.4. The zero-order valence-corrected chi connectivity index (χ0v) is 13.0. The van der Waals surface area contributed by atoms with Crippen molar-refractivity contribution in [3.05, 3.63) is 17.5 Å². The number of fused-ring (bicyclic) bond motifs is 1. The normalized spacial score (nSPS) is 20.5. The van der Waals surface area contributed by atoms with E-state index in [1.807, 2.05) is 18.5 Å². The molecule has 0 aromatic carbocycles. The van der Waals surface area contributed by atoms with Crippen LogP contribution in [0.2, 0.25) is 0 Å². The SMILES string of the molecule is CC(C)(CNC(=O)c1cnn2c1CCC2)C1(O)CCCC1. The van der Waals surface area contributed by atoms with Gasteiger partial charge in [-0.15, -0.1) is 0 Å². The number of rotatable bonds is 4. The summed E-state index contributed by atoms with van der Waals surface area (Å²) in [6.07, 6.45) is 7.47. The minimum Gasteiger partial charge on any atom is -0.389 e. The summed E-state index contributed by atoms with van der Waals surface area (Å²) in [5.74, 6) is -0.0622. The van der Waals surface area contributed by atoms with E-state index in [0.717, 1.165) is 50.8 Å². The fourth-order valence-electron chi connectivity index (χ4n) is 3.65. The van der Waals surface area contributed by atoms with E-state index < -0.39 is 5.60 Å². The molecule has 0 saturated heterocycles. The molecule has 1 fully saturated rings. The number of nitrogens with one attached hydrogen (secondary N) is 1. The Morgan fingerprint density at radius 1 is 1.43 bits per heavy atom. The number of carbonyl (C=O) groups is 1. The Bertz CT molecular complexity index is 542. The van der Waals surface area contributed by atoms with Gasteiger partial charge in [-0.1, -0.05) is 26.7 Å². The third-order valence-corrected chi connectivity index (χ3v) is 5.36.